The van der Waals surface area contributed by atoms with Crippen molar-refractivity contribution in [2.75, 3.05) is 0 Å². The Morgan fingerprint density at radius 3 is 2.58 bits per heavy atom. The number of fused-ring (bicyclic) bond motifs is 1. The highest BCUT2D eigenvalue weighted by Crippen LogP contribution is 2.18. The molecule has 0 spiro atoms. The Morgan fingerprint density at radius 2 is 1.84 bits per heavy atom. The van der Waals surface area contributed by atoms with Crippen molar-refractivity contribution >= 4 is 37.5 Å². The molecule has 1 aromatic heterocycles. The molecule has 0 atom stereocenters. The maximum Gasteiger partial charge on any atom is 0.226 e. The third kappa shape index (κ3) is 3.25. The van der Waals surface area contributed by atoms with Crippen LogP contribution in [0.4, 0.5) is 0 Å². The van der Waals surface area contributed by atoms with Crippen molar-refractivity contribution in [1.82, 2.24) is 0 Å². The molecule has 2 aromatic carbocycles. The Balaban J connectivity index is 0.00000133. The van der Waals surface area contributed by atoms with Crippen LogP contribution in [0, 0.1) is 6.92 Å². The average molecular weight is 399 g/mol. The highest BCUT2D eigenvalue weighted by Gasteiger charge is 2.11. The molecule has 0 fully saturated rings. The number of benzene rings is 2. The van der Waals surface area contributed by atoms with Gasteiger partial charge in [0, 0.05) is 16.1 Å². The summed E-state index contributed by atoms with van der Waals surface area (Å²) in [5.41, 5.74) is 6.16. The summed E-state index contributed by atoms with van der Waals surface area (Å²) >= 11 is 5.27. The monoisotopic (exact) mass is 397 g/mol. The van der Waals surface area contributed by atoms with Gasteiger partial charge in [0.05, 0.1) is 0 Å². The SMILES string of the molecule is Cc1ccc2c(c1)sc[n+]2Cc1ccc(Br)cc1.[Br-]. The van der Waals surface area contributed by atoms with Gasteiger partial charge >= 0.3 is 0 Å². The molecule has 0 aliphatic rings. The highest BCUT2D eigenvalue weighted by atomic mass is 79.9. The molecule has 0 N–H and O–H groups in total. The Labute approximate surface area is 135 Å². The molecule has 1 nitrogen and oxygen atoms in total. The highest BCUT2D eigenvalue weighted by molar-refractivity contribution is 9.10. The summed E-state index contributed by atoms with van der Waals surface area (Å²) in [5, 5.41) is 0. The zero-order valence-corrected chi connectivity index (χ0v) is 14.4. The Kier molecular flexibility index (Phi) is 4.76. The van der Waals surface area contributed by atoms with E-state index in [1.54, 1.807) is 11.3 Å². The van der Waals surface area contributed by atoms with Crippen molar-refractivity contribution in [3.05, 3.63) is 63.6 Å². The van der Waals surface area contributed by atoms with E-state index in [-0.39, 0.29) is 17.0 Å². The molecule has 3 aromatic rings. The maximum absolute atomic E-state index is 3.47. The van der Waals surface area contributed by atoms with Crippen LogP contribution >= 0.6 is 27.3 Å². The van der Waals surface area contributed by atoms with E-state index in [0.717, 1.165) is 11.0 Å². The third-order valence-corrected chi connectivity index (χ3v) is 4.47. The fraction of sp³-hybridized carbons (Fsp3) is 0.133. The van der Waals surface area contributed by atoms with Gasteiger partial charge in [0.25, 0.3) is 0 Å². The van der Waals surface area contributed by atoms with Crippen molar-refractivity contribution in [3.63, 3.8) is 0 Å². The number of aromatic nitrogens is 1. The molecule has 3 rings (SSSR count). The molecule has 98 valence electrons. The van der Waals surface area contributed by atoms with Crippen LogP contribution in [0.5, 0.6) is 0 Å². The van der Waals surface area contributed by atoms with Gasteiger partial charge in [-0.3, -0.25) is 0 Å². The van der Waals surface area contributed by atoms with Crippen molar-refractivity contribution in [3.8, 4) is 0 Å². The molecule has 0 saturated carbocycles. The summed E-state index contributed by atoms with van der Waals surface area (Å²) in [7, 11) is 0. The number of aryl methyl sites for hydroxylation is 1. The fourth-order valence-electron chi connectivity index (χ4n) is 2.04. The summed E-state index contributed by atoms with van der Waals surface area (Å²) in [5.74, 6) is 0. The minimum atomic E-state index is 0. The third-order valence-electron chi connectivity index (χ3n) is 3.00. The molecular formula is C15H13Br2NS. The first-order valence-electron chi connectivity index (χ1n) is 5.84. The van der Waals surface area contributed by atoms with Crippen LogP contribution in [0.3, 0.4) is 0 Å². The van der Waals surface area contributed by atoms with E-state index in [1.807, 2.05) is 0 Å². The number of halogens is 2. The summed E-state index contributed by atoms with van der Waals surface area (Å²) in [6.45, 7) is 3.06. The summed E-state index contributed by atoms with van der Waals surface area (Å²) in [6, 6.07) is 15.1. The maximum atomic E-state index is 3.47. The normalized spacial score (nSPS) is 10.4. The number of nitrogens with zero attached hydrogens (tertiary/aromatic N) is 1. The summed E-state index contributed by atoms with van der Waals surface area (Å²) in [6.07, 6.45) is 0. The quantitative estimate of drug-likeness (QED) is 0.573. The first-order valence-corrected chi connectivity index (χ1v) is 7.51. The van der Waals surface area contributed by atoms with Crippen LogP contribution in [0.2, 0.25) is 0 Å². The van der Waals surface area contributed by atoms with Crippen LogP contribution in [-0.4, -0.2) is 0 Å². The molecule has 19 heavy (non-hydrogen) atoms. The molecular weight excluding hydrogens is 386 g/mol. The zero-order valence-electron chi connectivity index (χ0n) is 10.4. The predicted molar refractivity (Wildman–Crippen MR) is 80.0 cm³/mol. The van der Waals surface area contributed by atoms with Gasteiger partial charge in [-0.25, -0.2) is 0 Å². The number of rotatable bonds is 2. The summed E-state index contributed by atoms with van der Waals surface area (Å²) < 4.78 is 4.79. The van der Waals surface area contributed by atoms with E-state index in [4.69, 9.17) is 0 Å². The first kappa shape index (κ1) is 14.7. The lowest BCUT2D eigenvalue weighted by Gasteiger charge is -1.97. The largest absolute Gasteiger partial charge is 1.00 e. The van der Waals surface area contributed by atoms with Crippen molar-refractivity contribution in [1.29, 1.82) is 0 Å². The van der Waals surface area contributed by atoms with Gasteiger partial charge < -0.3 is 17.0 Å². The molecule has 0 radical (unpaired) electrons. The minimum absolute atomic E-state index is 0. The van der Waals surface area contributed by atoms with Crippen molar-refractivity contribution in [2.45, 2.75) is 13.5 Å². The van der Waals surface area contributed by atoms with E-state index in [9.17, 15) is 0 Å². The number of hydrogen-bond acceptors (Lipinski definition) is 1. The number of thiazole rings is 1. The Morgan fingerprint density at radius 1 is 1.11 bits per heavy atom. The second-order valence-corrected chi connectivity index (χ2v) is 6.25. The van der Waals surface area contributed by atoms with Gasteiger partial charge in [-0.05, 0) is 30.7 Å². The van der Waals surface area contributed by atoms with Gasteiger partial charge in [0.1, 0.15) is 4.70 Å². The van der Waals surface area contributed by atoms with E-state index >= 15 is 0 Å². The summed E-state index contributed by atoms with van der Waals surface area (Å²) in [4.78, 5) is 0. The van der Waals surface area contributed by atoms with Crippen LogP contribution in [0.25, 0.3) is 10.2 Å². The van der Waals surface area contributed by atoms with Crippen LogP contribution in [-0.2, 0) is 6.54 Å². The van der Waals surface area contributed by atoms with Crippen LogP contribution in [0.15, 0.2) is 52.4 Å². The van der Waals surface area contributed by atoms with Gasteiger partial charge in [0.2, 0.25) is 11.0 Å². The smallest absolute Gasteiger partial charge is 0.226 e. The standard InChI is InChI=1S/C15H13BrNS.BrH/c1-11-2-7-14-15(8-11)18-10-17(14)9-12-3-5-13(16)6-4-12;/h2-8,10H,9H2,1H3;1H/q+1;/p-1. The zero-order chi connectivity index (χ0) is 12.5. The lowest BCUT2D eigenvalue weighted by atomic mass is 10.2. The van der Waals surface area contributed by atoms with E-state index in [2.05, 4.69) is 75.4 Å². The van der Waals surface area contributed by atoms with Gasteiger partial charge in [-0.1, -0.05) is 45.5 Å². The van der Waals surface area contributed by atoms with Gasteiger partial charge in [-0.2, -0.15) is 4.57 Å². The van der Waals surface area contributed by atoms with Crippen LogP contribution in [0.1, 0.15) is 11.1 Å². The molecule has 0 aliphatic carbocycles. The molecule has 0 aliphatic heterocycles. The van der Waals surface area contributed by atoms with Gasteiger partial charge in [-0.15, -0.1) is 0 Å². The lowest BCUT2D eigenvalue weighted by molar-refractivity contribution is -0.658. The predicted octanol–water partition coefficient (Wildman–Crippen LogP) is 1.31. The first-order chi connectivity index (χ1) is 8.72. The van der Waals surface area contributed by atoms with Crippen molar-refractivity contribution < 1.29 is 21.5 Å². The van der Waals surface area contributed by atoms with E-state index < -0.39 is 0 Å². The Bertz CT molecular complexity index is 689. The molecule has 0 saturated heterocycles. The van der Waals surface area contributed by atoms with E-state index in [0.29, 0.717) is 0 Å². The molecule has 4 heteroatoms. The lowest BCUT2D eigenvalue weighted by Crippen LogP contribution is -3.00. The Hall–Kier alpha value is -0.710. The average Bonchev–Trinajstić information content (AvgIpc) is 2.74. The minimum Gasteiger partial charge on any atom is -1.00 e. The molecule has 0 bridgehead atoms. The second-order valence-electron chi connectivity index (χ2n) is 4.45. The van der Waals surface area contributed by atoms with Crippen molar-refractivity contribution in [2.24, 2.45) is 0 Å². The molecule has 0 amide bonds. The molecule has 1 heterocycles. The fourth-order valence-corrected chi connectivity index (χ4v) is 3.29. The van der Waals surface area contributed by atoms with Crippen LogP contribution < -0.4 is 21.5 Å². The second kappa shape index (κ2) is 6.16. The van der Waals surface area contributed by atoms with Gasteiger partial charge in [0.15, 0.2) is 6.54 Å². The molecule has 0 unspecified atom stereocenters. The topological polar surface area (TPSA) is 3.88 Å². The van der Waals surface area contributed by atoms with E-state index in [1.165, 1.54) is 21.3 Å². The number of hydrogen-bond donors (Lipinski definition) is 0.